The number of aromatic nitrogens is 2. The quantitative estimate of drug-likeness (QED) is 0.406. The Labute approximate surface area is 170 Å². The van der Waals surface area contributed by atoms with Crippen LogP contribution in [0.15, 0.2) is 81.3 Å². The van der Waals surface area contributed by atoms with Crippen LogP contribution in [-0.2, 0) is 11.3 Å². The number of para-hydroxylation sites is 1. The molecule has 0 bridgehead atoms. The summed E-state index contributed by atoms with van der Waals surface area (Å²) in [4.78, 5) is 28.7. The molecule has 0 radical (unpaired) electrons. The first-order valence-electron chi connectivity index (χ1n) is 8.72. The smallest absolute Gasteiger partial charge is 0.261 e. The number of furan rings is 1. The van der Waals surface area contributed by atoms with Crippen molar-refractivity contribution >= 4 is 34.6 Å². The topological polar surface area (TPSA) is 89.5 Å². The zero-order valence-electron chi connectivity index (χ0n) is 15.1. The van der Waals surface area contributed by atoms with E-state index in [0.717, 1.165) is 5.56 Å². The molecule has 0 unspecified atom stereocenters. The number of benzene rings is 2. The molecule has 1 N–H and O–H groups in total. The molecular weight excluding hydrogens is 392 g/mol. The van der Waals surface area contributed by atoms with E-state index in [1.54, 1.807) is 48.5 Å². The molecule has 8 heteroatoms. The highest BCUT2D eigenvalue weighted by Crippen LogP contribution is 2.24. The monoisotopic (exact) mass is 406 g/mol. The maximum absolute atomic E-state index is 12.4. The minimum absolute atomic E-state index is 0.195. The van der Waals surface area contributed by atoms with Crippen LogP contribution in [0.25, 0.3) is 22.2 Å². The van der Waals surface area contributed by atoms with Crippen molar-refractivity contribution in [2.24, 2.45) is 5.10 Å². The molecular formula is C21H15ClN4O3. The van der Waals surface area contributed by atoms with Crippen LogP contribution in [0.2, 0.25) is 5.02 Å². The van der Waals surface area contributed by atoms with E-state index in [2.05, 4.69) is 15.5 Å². The maximum Gasteiger partial charge on any atom is 0.261 e. The lowest BCUT2D eigenvalue weighted by Crippen LogP contribution is -2.30. The van der Waals surface area contributed by atoms with Crippen LogP contribution >= 0.6 is 11.6 Å². The predicted octanol–water partition coefficient (Wildman–Crippen LogP) is 3.46. The zero-order chi connectivity index (χ0) is 20.2. The normalized spacial score (nSPS) is 11.2. The van der Waals surface area contributed by atoms with Gasteiger partial charge in [0, 0.05) is 10.6 Å². The molecule has 29 heavy (non-hydrogen) atoms. The molecule has 0 saturated carbocycles. The first-order valence-corrected chi connectivity index (χ1v) is 9.10. The number of hydrogen-bond acceptors (Lipinski definition) is 5. The van der Waals surface area contributed by atoms with Gasteiger partial charge in [-0.15, -0.1) is 0 Å². The lowest BCUT2D eigenvalue weighted by Gasteiger charge is -2.05. The molecule has 7 nitrogen and oxygen atoms in total. The molecule has 0 fully saturated rings. The molecule has 0 aliphatic rings. The molecule has 4 rings (SSSR count). The number of rotatable bonds is 5. The number of amides is 1. The average Bonchev–Trinajstić information content (AvgIpc) is 3.19. The van der Waals surface area contributed by atoms with E-state index in [0.29, 0.717) is 27.4 Å². The Morgan fingerprint density at radius 1 is 1.17 bits per heavy atom. The van der Waals surface area contributed by atoms with E-state index in [-0.39, 0.29) is 12.1 Å². The van der Waals surface area contributed by atoms with Crippen molar-refractivity contribution in [2.45, 2.75) is 6.54 Å². The molecule has 0 saturated heterocycles. The zero-order valence-corrected chi connectivity index (χ0v) is 15.8. The number of fused-ring (bicyclic) bond motifs is 1. The van der Waals surface area contributed by atoms with Crippen LogP contribution in [0, 0.1) is 0 Å². The van der Waals surface area contributed by atoms with Crippen molar-refractivity contribution in [2.75, 3.05) is 0 Å². The molecule has 2 aromatic carbocycles. The summed E-state index contributed by atoms with van der Waals surface area (Å²) in [5.41, 5.74) is 3.51. The number of nitrogens with zero attached hydrogens (tertiary/aromatic N) is 3. The molecule has 0 aliphatic heterocycles. The van der Waals surface area contributed by atoms with E-state index in [4.69, 9.17) is 16.0 Å². The largest absolute Gasteiger partial charge is 0.455 e. The first kappa shape index (κ1) is 18.6. The van der Waals surface area contributed by atoms with Gasteiger partial charge in [-0.3, -0.25) is 14.2 Å². The second-order valence-corrected chi connectivity index (χ2v) is 6.64. The Kier molecular flexibility index (Phi) is 5.22. The van der Waals surface area contributed by atoms with E-state index >= 15 is 0 Å². The Bertz CT molecular complexity index is 1280. The fraction of sp³-hybridized carbons (Fsp3) is 0.0476. The second-order valence-electron chi connectivity index (χ2n) is 6.20. The fourth-order valence-corrected chi connectivity index (χ4v) is 2.99. The van der Waals surface area contributed by atoms with Crippen LogP contribution in [-0.4, -0.2) is 21.7 Å². The van der Waals surface area contributed by atoms with Gasteiger partial charge in [-0.2, -0.15) is 5.10 Å². The van der Waals surface area contributed by atoms with Gasteiger partial charge >= 0.3 is 0 Å². The van der Waals surface area contributed by atoms with Crippen LogP contribution in [0.4, 0.5) is 0 Å². The number of nitrogens with one attached hydrogen (secondary N) is 1. The summed E-state index contributed by atoms with van der Waals surface area (Å²) in [6, 6.07) is 17.8. The lowest BCUT2D eigenvalue weighted by molar-refractivity contribution is -0.121. The highest BCUT2D eigenvalue weighted by molar-refractivity contribution is 6.30. The number of hydrogen-bond donors (Lipinski definition) is 1. The van der Waals surface area contributed by atoms with Gasteiger partial charge in [-0.1, -0.05) is 35.9 Å². The third-order valence-corrected chi connectivity index (χ3v) is 4.40. The van der Waals surface area contributed by atoms with Crippen molar-refractivity contribution in [1.29, 1.82) is 0 Å². The predicted molar refractivity (Wildman–Crippen MR) is 111 cm³/mol. The lowest BCUT2D eigenvalue weighted by atomic mass is 10.2. The molecule has 144 valence electrons. The van der Waals surface area contributed by atoms with Crippen LogP contribution in [0.3, 0.4) is 0 Å². The maximum atomic E-state index is 12.4. The van der Waals surface area contributed by atoms with Crippen LogP contribution in [0.5, 0.6) is 0 Å². The highest BCUT2D eigenvalue weighted by Gasteiger charge is 2.08. The molecule has 2 aromatic heterocycles. The highest BCUT2D eigenvalue weighted by atomic mass is 35.5. The molecule has 4 aromatic rings. The summed E-state index contributed by atoms with van der Waals surface area (Å²) < 4.78 is 6.90. The molecule has 0 spiro atoms. The number of halogens is 1. The third kappa shape index (κ3) is 4.25. The number of carbonyl (C=O) groups is 1. The fourth-order valence-electron chi connectivity index (χ4n) is 2.80. The Morgan fingerprint density at radius 3 is 2.90 bits per heavy atom. The summed E-state index contributed by atoms with van der Waals surface area (Å²) in [5, 5.41) is 4.94. The van der Waals surface area contributed by atoms with Gasteiger partial charge < -0.3 is 4.42 Å². The summed E-state index contributed by atoms with van der Waals surface area (Å²) in [6.07, 6.45) is 2.73. The summed E-state index contributed by atoms with van der Waals surface area (Å²) in [5.74, 6) is 0.640. The van der Waals surface area contributed by atoms with Crippen molar-refractivity contribution in [1.82, 2.24) is 15.0 Å². The Balaban J connectivity index is 1.41. The molecule has 1 amide bonds. The summed E-state index contributed by atoms with van der Waals surface area (Å²) >= 11 is 5.99. The van der Waals surface area contributed by atoms with E-state index in [1.807, 2.05) is 12.1 Å². The van der Waals surface area contributed by atoms with Gasteiger partial charge in [0.1, 0.15) is 18.1 Å². The summed E-state index contributed by atoms with van der Waals surface area (Å²) in [7, 11) is 0. The van der Waals surface area contributed by atoms with Gasteiger partial charge in [0.05, 0.1) is 23.4 Å². The molecule has 0 aliphatic carbocycles. The third-order valence-electron chi connectivity index (χ3n) is 4.16. The van der Waals surface area contributed by atoms with E-state index < -0.39 is 5.91 Å². The van der Waals surface area contributed by atoms with E-state index in [1.165, 1.54) is 17.1 Å². The van der Waals surface area contributed by atoms with Crippen molar-refractivity contribution in [3.05, 3.63) is 88.1 Å². The molecule has 0 atom stereocenters. The van der Waals surface area contributed by atoms with Gasteiger partial charge in [0.25, 0.3) is 11.5 Å². The minimum atomic E-state index is -0.456. The van der Waals surface area contributed by atoms with Gasteiger partial charge in [0.15, 0.2) is 0 Å². The SMILES string of the molecule is O=C(Cn1cnc2ccccc2c1=O)N/N=C\c1ccc(-c2cccc(Cl)c2)o1. The summed E-state index contributed by atoms with van der Waals surface area (Å²) in [6.45, 7) is -0.195. The Morgan fingerprint density at radius 2 is 2.03 bits per heavy atom. The average molecular weight is 407 g/mol. The van der Waals surface area contributed by atoms with Gasteiger partial charge in [-0.05, 0) is 36.4 Å². The van der Waals surface area contributed by atoms with Crippen molar-refractivity contribution < 1.29 is 9.21 Å². The van der Waals surface area contributed by atoms with Gasteiger partial charge in [0.2, 0.25) is 0 Å². The molecule has 2 heterocycles. The number of hydrazone groups is 1. The van der Waals surface area contributed by atoms with Gasteiger partial charge in [-0.25, -0.2) is 10.4 Å². The Hall–Kier alpha value is -3.71. The van der Waals surface area contributed by atoms with E-state index in [9.17, 15) is 9.59 Å². The van der Waals surface area contributed by atoms with Crippen molar-refractivity contribution in [3.63, 3.8) is 0 Å². The first-order chi connectivity index (χ1) is 14.1. The van der Waals surface area contributed by atoms with Crippen LogP contribution in [0.1, 0.15) is 5.76 Å². The second kappa shape index (κ2) is 8.12. The van der Waals surface area contributed by atoms with Crippen LogP contribution < -0.4 is 11.0 Å². The number of carbonyl (C=O) groups excluding carboxylic acids is 1. The van der Waals surface area contributed by atoms with Crippen molar-refractivity contribution in [3.8, 4) is 11.3 Å². The minimum Gasteiger partial charge on any atom is -0.455 e. The standard InChI is InChI=1S/C21H15ClN4O3/c22-15-5-3-4-14(10-15)19-9-8-16(29-19)11-24-25-20(27)12-26-13-23-18-7-2-1-6-17(18)21(26)28/h1-11,13H,12H2,(H,25,27)/b24-11-.